The van der Waals surface area contributed by atoms with Gasteiger partial charge in [-0.2, -0.15) is 0 Å². The number of likely N-dealkylation sites (N-methyl/N-ethyl adjacent to an activating group) is 1. The van der Waals surface area contributed by atoms with Crippen molar-refractivity contribution in [3.63, 3.8) is 0 Å². The number of amides is 2. The highest BCUT2D eigenvalue weighted by Gasteiger charge is 2.22. The summed E-state index contributed by atoms with van der Waals surface area (Å²) in [5, 5.41) is 5.83. The summed E-state index contributed by atoms with van der Waals surface area (Å²) in [5.41, 5.74) is 2.33. The first-order chi connectivity index (χ1) is 9.13. The van der Waals surface area contributed by atoms with Crippen LogP contribution in [0.25, 0.3) is 0 Å². The van der Waals surface area contributed by atoms with Crippen LogP contribution in [0.5, 0.6) is 5.75 Å². The summed E-state index contributed by atoms with van der Waals surface area (Å²) in [7, 11) is 1.72. The smallest absolute Gasteiger partial charge is 0.264 e. The van der Waals surface area contributed by atoms with E-state index in [9.17, 15) is 9.59 Å². The van der Waals surface area contributed by atoms with E-state index in [4.69, 9.17) is 4.74 Å². The van der Waals surface area contributed by atoms with Crippen LogP contribution in [-0.4, -0.2) is 32.0 Å². The molecule has 1 aromatic carbocycles. The van der Waals surface area contributed by atoms with Gasteiger partial charge in [0.15, 0.2) is 6.61 Å². The molecular formula is C13H13N3O3. The van der Waals surface area contributed by atoms with Crippen LogP contribution >= 0.6 is 0 Å². The lowest BCUT2D eigenvalue weighted by atomic mass is 10.2. The maximum absolute atomic E-state index is 11.6. The number of benzene rings is 1. The molecule has 6 nitrogen and oxygen atoms in total. The van der Waals surface area contributed by atoms with Gasteiger partial charge in [-0.05, 0) is 18.2 Å². The third-order valence-corrected chi connectivity index (χ3v) is 3.11. The maximum atomic E-state index is 11.6. The first-order valence-corrected chi connectivity index (χ1v) is 5.92. The van der Waals surface area contributed by atoms with Crippen LogP contribution in [0.4, 0.5) is 11.4 Å². The molecule has 0 aliphatic carbocycles. The van der Waals surface area contributed by atoms with E-state index in [-0.39, 0.29) is 18.4 Å². The Bertz CT molecular complexity index is 595. The Morgan fingerprint density at radius 1 is 1.37 bits per heavy atom. The van der Waals surface area contributed by atoms with Gasteiger partial charge < -0.3 is 20.3 Å². The standard InChI is InChI=1S/C13H13N3O3/c1-16-10-4-8(15-9-5-12(17)14-6-9)2-3-11(10)19-7-13(16)18/h2-5,15H,6-7H2,1H3,(H,14,17). The summed E-state index contributed by atoms with van der Waals surface area (Å²) in [4.78, 5) is 24.2. The van der Waals surface area contributed by atoms with Gasteiger partial charge >= 0.3 is 0 Å². The van der Waals surface area contributed by atoms with Crippen molar-refractivity contribution < 1.29 is 14.3 Å². The molecule has 0 aromatic heterocycles. The quantitative estimate of drug-likeness (QED) is 0.810. The summed E-state index contributed by atoms with van der Waals surface area (Å²) >= 11 is 0. The number of anilines is 2. The van der Waals surface area contributed by atoms with Crippen molar-refractivity contribution in [3.8, 4) is 5.75 Å². The molecular weight excluding hydrogens is 246 g/mol. The highest BCUT2D eigenvalue weighted by Crippen LogP contribution is 2.33. The molecule has 2 aliphatic rings. The molecule has 3 rings (SSSR count). The predicted molar refractivity (Wildman–Crippen MR) is 70.1 cm³/mol. The summed E-state index contributed by atoms with van der Waals surface area (Å²) in [5.74, 6) is 0.500. The van der Waals surface area contributed by atoms with E-state index in [0.717, 1.165) is 17.1 Å². The number of carbonyl (C=O) groups is 2. The minimum atomic E-state index is -0.101. The van der Waals surface area contributed by atoms with Gasteiger partial charge in [-0.3, -0.25) is 9.59 Å². The Labute approximate surface area is 110 Å². The van der Waals surface area contributed by atoms with E-state index >= 15 is 0 Å². The second kappa shape index (κ2) is 4.31. The monoisotopic (exact) mass is 259 g/mol. The number of fused-ring (bicyclic) bond motifs is 1. The van der Waals surface area contributed by atoms with Gasteiger partial charge in [0.25, 0.3) is 5.91 Å². The molecule has 0 saturated heterocycles. The van der Waals surface area contributed by atoms with Crippen molar-refractivity contribution in [1.82, 2.24) is 5.32 Å². The normalized spacial score (nSPS) is 17.5. The van der Waals surface area contributed by atoms with Gasteiger partial charge in [0, 0.05) is 24.5 Å². The number of hydrogen-bond donors (Lipinski definition) is 2. The summed E-state index contributed by atoms with van der Waals surface area (Å²) in [6, 6.07) is 5.49. The first-order valence-electron chi connectivity index (χ1n) is 5.92. The lowest BCUT2D eigenvalue weighted by Gasteiger charge is -2.26. The molecule has 0 spiro atoms. The molecule has 0 fully saturated rings. The van der Waals surface area contributed by atoms with E-state index in [1.54, 1.807) is 11.9 Å². The summed E-state index contributed by atoms with van der Waals surface area (Å²) < 4.78 is 5.35. The number of hydrogen-bond acceptors (Lipinski definition) is 4. The first kappa shape index (κ1) is 11.6. The van der Waals surface area contributed by atoms with Crippen molar-refractivity contribution in [2.24, 2.45) is 0 Å². The van der Waals surface area contributed by atoms with E-state index in [1.807, 2.05) is 18.2 Å². The maximum Gasteiger partial charge on any atom is 0.264 e. The fourth-order valence-electron chi connectivity index (χ4n) is 2.06. The zero-order chi connectivity index (χ0) is 13.4. The Morgan fingerprint density at radius 3 is 2.95 bits per heavy atom. The molecule has 98 valence electrons. The molecule has 6 heteroatoms. The molecule has 0 bridgehead atoms. The number of ether oxygens (including phenoxy) is 1. The van der Waals surface area contributed by atoms with Crippen LogP contribution in [0.1, 0.15) is 0 Å². The third kappa shape index (κ3) is 2.12. The topological polar surface area (TPSA) is 70.7 Å². The zero-order valence-electron chi connectivity index (χ0n) is 10.4. The van der Waals surface area contributed by atoms with Crippen molar-refractivity contribution in [2.75, 3.05) is 30.4 Å². The SMILES string of the molecule is CN1C(=O)COc2ccc(NC3=CC(=O)NC3)cc21. The van der Waals surface area contributed by atoms with Crippen molar-refractivity contribution in [1.29, 1.82) is 0 Å². The lowest BCUT2D eigenvalue weighted by molar-refractivity contribution is -0.121. The molecule has 2 aliphatic heterocycles. The lowest BCUT2D eigenvalue weighted by Crippen LogP contribution is -2.35. The van der Waals surface area contributed by atoms with Crippen LogP contribution in [0.15, 0.2) is 30.0 Å². The van der Waals surface area contributed by atoms with Crippen LogP contribution in [0.2, 0.25) is 0 Å². The van der Waals surface area contributed by atoms with E-state index in [2.05, 4.69) is 10.6 Å². The van der Waals surface area contributed by atoms with Gasteiger partial charge in [-0.1, -0.05) is 0 Å². The van der Waals surface area contributed by atoms with Crippen LogP contribution in [0, 0.1) is 0 Å². The molecule has 0 atom stereocenters. The molecule has 1 aromatic rings. The minimum Gasteiger partial charge on any atom is -0.482 e. The third-order valence-electron chi connectivity index (χ3n) is 3.11. The second-order valence-electron chi connectivity index (χ2n) is 4.44. The van der Waals surface area contributed by atoms with Gasteiger partial charge in [-0.15, -0.1) is 0 Å². The van der Waals surface area contributed by atoms with E-state index in [1.165, 1.54) is 6.08 Å². The van der Waals surface area contributed by atoms with Gasteiger partial charge in [0.2, 0.25) is 5.91 Å². The Hall–Kier alpha value is -2.50. The average Bonchev–Trinajstić information content (AvgIpc) is 2.80. The molecule has 2 N–H and O–H groups in total. The molecule has 2 heterocycles. The van der Waals surface area contributed by atoms with Gasteiger partial charge in [-0.25, -0.2) is 0 Å². The highest BCUT2D eigenvalue weighted by atomic mass is 16.5. The average molecular weight is 259 g/mol. The van der Waals surface area contributed by atoms with Crippen molar-refractivity contribution in [3.05, 3.63) is 30.0 Å². The fourth-order valence-corrected chi connectivity index (χ4v) is 2.06. The van der Waals surface area contributed by atoms with E-state index < -0.39 is 0 Å². The van der Waals surface area contributed by atoms with Crippen molar-refractivity contribution >= 4 is 23.2 Å². The highest BCUT2D eigenvalue weighted by molar-refractivity contribution is 5.98. The van der Waals surface area contributed by atoms with Crippen LogP contribution in [-0.2, 0) is 9.59 Å². The number of nitrogens with one attached hydrogen (secondary N) is 2. The predicted octanol–water partition coefficient (Wildman–Crippen LogP) is 0.467. The summed E-state index contributed by atoms with van der Waals surface area (Å²) in [6.07, 6.45) is 1.52. The zero-order valence-corrected chi connectivity index (χ0v) is 10.4. The fraction of sp³-hybridized carbons (Fsp3) is 0.231. The van der Waals surface area contributed by atoms with Gasteiger partial charge in [0.1, 0.15) is 5.75 Å². The molecule has 0 unspecified atom stereocenters. The number of rotatable bonds is 2. The van der Waals surface area contributed by atoms with Crippen molar-refractivity contribution in [2.45, 2.75) is 0 Å². The van der Waals surface area contributed by atoms with Gasteiger partial charge in [0.05, 0.1) is 12.2 Å². The minimum absolute atomic E-state index is 0.0693. The Kier molecular flexibility index (Phi) is 2.63. The number of nitrogens with zero attached hydrogens (tertiary/aromatic N) is 1. The molecule has 0 saturated carbocycles. The second-order valence-corrected chi connectivity index (χ2v) is 4.44. The Balaban J connectivity index is 1.86. The Morgan fingerprint density at radius 2 is 2.21 bits per heavy atom. The molecule has 19 heavy (non-hydrogen) atoms. The van der Waals surface area contributed by atoms with Crippen LogP contribution in [0.3, 0.4) is 0 Å². The largest absolute Gasteiger partial charge is 0.482 e. The number of carbonyl (C=O) groups excluding carboxylic acids is 2. The van der Waals surface area contributed by atoms with E-state index in [0.29, 0.717) is 12.3 Å². The molecule has 2 amide bonds. The molecule has 0 radical (unpaired) electrons. The van der Waals surface area contributed by atoms with Crippen LogP contribution < -0.4 is 20.3 Å². The summed E-state index contributed by atoms with van der Waals surface area (Å²) in [6.45, 7) is 0.557.